The summed E-state index contributed by atoms with van der Waals surface area (Å²) in [7, 11) is 0. The summed E-state index contributed by atoms with van der Waals surface area (Å²) >= 11 is 0. The molecule has 1 fully saturated rings. The minimum atomic E-state index is 0.0205. The highest BCUT2D eigenvalue weighted by atomic mass is 16.2. The van der Waals surface area contributed by atoms with Crippen LogP contribution in [0, 0.1) is 11.8 Å². The molecule has 3 nitrogen and oxygen atoms in total. The number of aliphatic hydroxyl groups excluding tert-OH is 1. The summed E-state index contributed by atoms with van der Waals surface area (Å²) in [5.74, 6) is 0.671. The molecular weight excluding hydrogens is 178 g/mol. The lowest BCUT2D eigenvalue weighted by molar-refractivity contribution is -0.119. The van der Waals surface area contributed by atoms with Crippen molar-refractivity contribution in [3.05, 3.63) is 11.8 Å². The molecule has 14 heavy (non-hydrogen) atoms. The SMILES string of the molecule is CC1=NC2CC(C)CC2C(=O)C1=CO. The molecule has 0 bridgehead atoms. The minimum absolute atomic E-state index is 0.0205. The maximum atomic E-state index is 11.9. The van der Waals surface area contributed by atoms with Gasteiger partial charge in [0.1, 0.15) is 0 Å². The van der Waals surface area contributed by atoms with Gasteiger partial charge in [0.25, 0.3) is 0 Å². The van der Waals surface area contributed by atoms with Gasteiger partial charge in [-0.3, -0.25) is 9.79 Å². The van der Waals surface area contributed by atoms with Gasteiger partial charge in [-0.05, 0) is 25.7 Å². The van der Waals surface area contributed by atoms with Crippen molar-refractivity contribution in [2.45, 2.75) is 32.7 Å². The molecule has 1 aliphatic heterocycles. The summed E-state index contributed by atoms with van der Waals surface area (Å²) in [5, 5.41) is 8.95. The molecule has 0 spiro atoms. The number of ketones is 1. The van der Waals surface area contributed by atoms with Crippen molar-refractivity contribution in [3.63, 3.8) is 0 Å². The molecule has 0 aromatic heterocycles. The summed E-state index contributed by atoms with van der Waals surface area (Å²) in [6, 6.07) is 0.168. The van der Waals surface area contributed by atoms with Crippen LogP contribution in [0.25, 0.3) is 0 Å². The number of rotatable bonds is 0. The van der Waals surface area contributed by atoms with Crippen LogP contribution in [0.15, 0.2) is 16.8 Å². The lowest BCUT2D eigenvalue weighted by Crippen LogP contribution is -2.31. The molecule has 1 heterocycles. The number of aliphatic imine (C=N–C) groups is 1. The van der Waals surface area contributed by atoms with E-state index < -0.39 is 0 Å². The normalized spacial score (nSPS) is 39.9. The third kappa shape index (κ3) is 1.27. The van der Waals surface area contributed by atoms with Crippen molar-refractivity contribution in [1.82, 2.24) is 0 Å². The first kappa shape index (κ1) is 9.44. The smallest absolute Gasteiger partial charge is 0.172 e. The standard InChI is InChI=1S/C11H15NO2/c1-6-3-8-10(4-6)12-7(2)9(5-13)11(8)14/h5-6,8,10,13H,3-4H2,1-2H3. The van der Waals surface area contributed by atoms with Crippen LogP contribution in [0.2, 0.25) is 0 Å². The summed E-state index contributed by atoms with van der Waals surface area (Å²) in [4.78, 5) is 16.3. The van der Waals surface area contributed by atoms with Gasteiger partial charge in [-0.2, -0.15) is 0 Å². The number of allylic oxidation sites excluding steroid dienone is 1. The van der Waals surface area contributed by atoms with Crippen LogP contribution in [-0.2, 0) is 4.79 Å². The number of carbonyl (C=O) groups excluding carboxylic acids is 1. The molecule has 2 aliphatic rings. The molecule has 0 aromatic rings. The number of hydrogen-bond donors (Lipinski definition) is 1. The Labute approximate surface area is 83.5 Å². The van der Waals surface area contributed by atoms with Gasteiger partial charge < -0.3 is 5.11 Å². The monoisotopic (exact) mass is 193 g/mol. The average Bonchev–Trinajstić information content (AvgIpc) is 2.47. The second kappa shape index (κ2) is 3.23. The Hall–Kier alpha value is -1.12. The van der Waals surface area contributed by atoms with Crippen LogP contribution in [-0.4, -0.2) is 22.6 Å². The zero-order valence-corrected chi connectivity index (χ0v) is 8.53. The van der Waals surface area contributed by atoms with E-state index >= 15 is 0 Å². The molecular formula is C11H15NO2. The molecule has 3 unspecified atom stereocenters. The highest BCUT2D eigenvalue weighted by molar-refractivity contribution is 6.23. The molecule has 76 valence electrons. The lowest BCUT2D eigenvalue weighted by Gasteiger charge is -2.22. The average molecular weight is 193 g/mol. The van der Waals surface area contributed by atoms with Gasteiger partial charge in [0.05, 0.1) is 17.9 Å². The first-order valence-corrected chi connectivity index (χ1v) is 5.07. The maximum absolute atomic E-state index is 11.9. The predicted octanol–water partition coefficient (Wildman–Crippen LogP) is 1.89. The first-order chi connectivity index (χ1) is 6.63. The van der Waals surface area contributed by atoms with Crippen molar-refractivity contribution in [3.8, 4) is 0 Å². The minimum Gasteiger partial charge on any atom is -0.515 e. The predicted molar refractivity (Wildman–Crippen MR) is 54.5 cm³/mol. The van der Waals surface area contributed by atoms with Crippen LogP contribution in [0.1, 0.15) is 26.7 Å². The summed E-state index contributed by atoms with van der Waals surface area (Å²) < 4.78 is 0. The van der Waals surface area contributed by atoms with Gasteiger partial charge in [0.2, 0.25) is 0 Å². The molecule has 3 heteroatoms. The van der Waals surface area contributed by atoms with Crippen LogP contribution < -0.4 is 0 Å². The van der Waals surface area contributed by atoms with E-state index in [1.165, 1.54) is 0 Å². The maximum Gasteiger partial charge on any atom is 0.172 e. The number of carbonyl (C=O) groups is 1. The van der Waals surface area contributed by atoms with Crippen molar-refractivity contribution in [2.24, 2.45) is 16.8 Å². The highest BCUT2D eigenvalue weighted by Gasteiger charge is 2.41. The Morgan fingerprint density at radius 3 is 2.86 bits per heavy atom. The quantitative estimate of drug-likeness (QED) is 0.471. The van der Waals surface area contributed by atoms with Crippen LogP contribution in [0.5, 0.6) is 0 Å². The second-order valence-corrected chi connectivity index (χ2v) is 4.37. The van der Waals surface area contributed by atoms with Crippen molar-refractivity contribution in [1.29, 1.82) is 0 Å². The topological polar surface area (TPSA) is 49.7 Å². The Kier molecular flexibility index (Phi) is 2.17. The van der Waals surface area contributed by atoms with Gasteiger partial charge in [-0.15, -0.1) is 0 Å². The first-order valence-electron chi connectivity index (χ1n) is 5.07. The van der Waals surface area contributed by atoms with Crippen LogP contribution in [0.4, 0.5) is 0 Å². The number of nitrogens with zero attached hydrogens (tertiary/aromatic N) is 1. The van der Waals surface area contributed by atoms with E-state index in [2.05, 4.69) is 11.9 Å². The van der Waals surface area contributed by atoms with E-state index in [1.807, 2.05) is 0 Å². The van der Waals surface area contributed by atoms with E-state index in [9.17, 15) is 4.79 Å². The Morgan fingerprint density at radius 1 is 1.50 bits per heavy atom. The molecule has 0 amide bonds. The fourth-order valence-corrected chi connectivity index (χ4v) is 2.54. The number of hydrogen-bond acceptors (Lipinski definition) is 3. The fourth-order valence-electron chi connectivity index (χ4n) is 2.54. The van der Waals surface area contributed by atoms with Crippen LogP contribution in [0.3, 0.4) is 0 Å². The number of fused-ring (bicyclic) bond motifs is 1. The van der Waals surface area contributed by atoms with Crippen molar-refractivity contribution >= 4 is 11.5 Å². The van der Waals surface area contributed by atoms with E-state index in [0.29, 0.717) is 17.2 Å². The third-order valence-electron chi connectivity index (χ3n) is 3.25. The molecule has 0 aromatic carbocycles. The molecule has 1 N–H and O–H groups in total. The molecule has 1 saturated carbocycles. The largest absolute Gasteiger partial charge is 0.515 e. The van der Waals surface area contributed by atoms with Gasteiger partial charge >= 0.3 is 0 Å². The Morgan fingerprint density at radius 2 is 2.21 bits per heavy atom. The van der Waals surface area contributed by atoms with Crippen molar-refractivity contribution < 1.29 is 9.90 Å². The summed E-state index contributed by atoms with van der Waals surface area (Å²) in [6.07, 6.45) is 2.82. The molecule has 0 saturated heterocycles. The van der Waals surface area contributed by atoms with E-state index in [1.54, 1.807) is 6.92 Å². The third-order valence-corrected chi connectivity index (χ3v) is 3.25. The van der Waals surface area contributed by atoms with E-state index in [4.69, 9.17) is 5.11 Å². The Balaban J connectivity index is 2.36. The van der Waals surface area contributed by atoms with Gasteiger partial charge in [0, 0.05) is 11.6 Å². The zero-order chi connectivity index (χ0) is 10.3. The van der Waals surface area contributed by atoms with Crippen molar-refractivity contribution in [2.75, 3.05) is 0 Å². The zero-order valence-electron chi connectivity index (χ0n) is 8.53. The molecule has 1 aliphatic carbocycles. The van der Waals surface area contributed by atoms with Crippen LogP contribution >= 0.6 is 0 Å². The van der Waals surface area contributed by atoms with E-state index in [-0.39, 0.29) is 17.7 Å². The lowest BCUT2D eigenvalue weighted by atomic mass is 9.88. The molecule has 0 radical (unpaired) electrons. The Bertz CT molecular complexity index is 330. The summed E-state index contributed by atoms with van der Waals surface area (Å²) in [6.45, 7) is 3.94. The number of aliphatic hydroxyl groups is 1. The second-order valence-electron chi connectivity index (χ2n) is 4.37. The number of Topliss-reactive ketones (excluding diaryl/α,β-unsaturated/α-hetero) is 1. The van der Waals surface area contributed by atoms with Gasteiger partial charge in [-0.25, -0.2) is 0 Å². The molecule has 2 rings (SSSR count). The van der Waals surface area contributed by atoms with Gasteiger partial charge in [-0.1, -0.05) is 6.92 Å². The highest BCUT2D eigenvalue weighted by Crippen LogP contribution is 2.38. The van der Waals surface area contributed by atoms with Gasteiger partial charge in [0.15, 0.2) is 5.78 Å². The summed E-state index contributed by atoms with van der Waals surface area (Å²) in [5.41, 5.74) is 1.09. The fraction of sp³-hybridized carbons (Fsp3) is 0.636. The molecule has 3 atom stereocenters. The van der Waals surface area contributed by atoms with E-state index in [0.717, 1.165) is 19.1 Å².